The van der Waals surface area contributed by atoms with Gasteiger partial charge in [0.15, 0.2) is 5.65 Å². The number of aryl methyl sites for hydroxylation is 1. The first kappa shape index (κ1) is 27.3. The van der Waals surface area contributed by atoms with Gasteiger partial charge in [-0.05, 0) is 54.4 Å². The fourth-order valence-corrected chi connectivity index (χ4v) is 6.19. The zero-order chi connectivity index (χ0) is 29.1. The molecule has 0 fully saturated rings. The van der Waals surface area contributed by atoms with Crippen LogP contribution in [0, 0.1) is 0 Å². The lowest BCUT2D eigenvalue weighted by Crippen LogP contribution is -2.28. The molecule has 0 atom stereocenters. The van der Waals surface area contributed by atoms with E-state index in [-0.39, 0.29) is 4.90 Å². The first-order chi connectivity index (χ1) is 20.5. The smallest absolute Gasteiger partial charge is 0.242 e. The Bertz CT molecular complexity index is 1940. The third kappa shape index (κ3) is 5.27. The lowest BCUT2D eigenvalue weighted by atomic mass is 10.0. The van der Waals surface area contributed by atoms with Crippen molar-refractivity contribution in [1.29, 1.82) is 0 Å². The molecule has 0 aliphatic rings. The van der Waals surface area contributed by atoms with Crippen LogP contribution in [0.5, 0.6) is 5.75 Å². The molecule has 6 aromatic rings. The summed E-state index contributed by atoms with van der Waals surface area (Å²) >= 11 is 0. The lowest BCUT2D eigenvalue weighted by molar-refractivity contribution is 0.415. The highest BCUT2D eigenvalue weighted by Gasteiger charge is 2.23. The van der Waals surface area contributed by atoms with Crippen LogP contribution < -0.4 is 4.74 Å². The van der Waals surface area contributed by atoms with Gasteiger partial charge in [0.2, 0.25) is 10.0 Å². The molecule has 4 heterocycles. The molecular weight excluding hydrogens is 550 g/mol. The third-order valence-electron chi connectivity index (χ3n) is 7.12. The Labute approximate surface area is 244 Å². The van der Waals surface area contributed by atoms with Gasteiger partial charge in [-0.2, -0.15) is 5.10 Å². The van der Waals surface area contributed by atoms with Crippen molar-refractivity contribution in [2.24, 2.45) is 0 Å². The van der Waals surface area contributed by atoms with E-state index in [2.05, 4.69) is 9.97 Å². The normalized spacial score (nSPS) is 11.8. The highest BCUT2D eigenvalue weighted by atomic mass is 32.2. The van der Waals surface area contributed by atoms with Gasteiger partial charge in [-0.1, -0.05) is 24.3 Å². The third-order valence-corrected chi connectivity index (χ3v) is 8.97. The molecule has 6 rings (SSSR count). The molecule has 0 saturated carbocycles. The molecule has 212 valence electrons. The maximum atomic E-state index is 13.5. The van der Waals surface area contributed by atoms with Crippen molar-refractivity contribution in [3.05, 3.63) is 104 Å². The highest BCUT2D eigenvalue weighted by molar-refractivity contribution is 7.89. The van der Waals surface area contributed by atoms with E-state index in [1.165, 1.54) is 4.31 Å². The number of methoxy groups -OCH3 is 1. The molecular formula is C31H29N7O3S. The van der Waals surface area contributed by atoms with Gasteiger partial charge in [0, 0.05) is 62.2 Å². The van der Waals surface area contributed by atoms with Crippen molar-refractivity contribution in [2.75, 3.05) is 20.7 Å². The Morgan fingerprint density at radius 3 is 2.48 bits per heavy atom. The summed E-state index contributed by atoms with van der Waals surface area (Å²) in [5.74, 6) is 0.718. The van der Waals surface area contributed by atoms with Crippen LogP contribution >= 0.6 is 0 Å². The SMILES string of the molecule is COc1cccc(-c2c(-c3ccncc3)nn3c(-c4cccc(S(=O)(=O)N(C)CCCn5ccnc5)c4)ccnc23)c1. The Hall–Kier alpha value is -4.87. The Kier molecular flexibility index (Phi) is 7.51. The Morgan fingerprint density at radius 2 is 1.69 bits per heavy atom. The van der Waals surface area contributed by atoms with Crippen LogP contribution in [0.2, 0.25) is 0 Å². The van der Waals surface area contributed by atoms with Crippen molar-refractivity contribution in [2.45, 2.75) is 17.9 Å². The number of imidazole rings is 1. The number of hydrogen-bond acceptors (Lipinski definition) is 7. The number of ether oxygens (including phenoxy) is 1. The number of aromatic nitrogens is 6. The van der Waals surface area contributed by atoms with E-state index in [0.29, 0.717) is 36.4 Å². The molecule has 0 unspecified atom stereocenters. The molecule has 4 aromatic heterocycles. The van der Waals surface area contributed by atoms with Gasteiger partial charge in [-0.15, -0.1) is 0 Å². The van der Waals surface area contributed by atoms with E-state index < -0.39 is 10.0 Å². The number of hydrogen-bond donors (Lipinski definition) is 0. The molecule has 0 aliphatic heterocycles. The van der Waals surface area contributed by atoms with Crippen LogP contribution in [0.25, 0.3) is 39.3 Å². The Morgan fingerprint density at radius 1 is 0.881 bits per heavy atom. The molecule has 0 N–H and O–H groups in total. The lowest BCUT2D eigenvalue weighted by Gasteiger charge is -2.18. The number of nitrogens with zero attached hydrogens (tertiary/aromatic N) is 7. The molecule has 0 radical (unpaired) electrons. The van der Waals surface area contributed by atoms with E-state index in [4.69, 9.17) is 14.8 Å². The largest absolute Gasteiger partial charge is 0.497 e. The van der Waals surface area contributed by atoms with Gasteiger partial charge in [0.25, 0.3) is 0 Å². The molecule has 0 amide bonds. The molecule has 0 aliphatic carbocycles. The second-order valence-corrected chi connectivity index (χ2v) is 11.8. The fraction of sp³-hybridized carbons (Fsp3) is 0.161. The predicted octanol–water partition coefficient (Wildman–Crippen LogP) is 5.04. The zero-order valence-corrected chi connectivity index (χ0v) is 24.0. The minimum atomic E-state index is -3.72. The first-order valence-electron chi connectivity index (χ1n) is 13.4. The van der Waals surface area contributed by atoms with Crippen molar-refractivity contribution in [1.82, 2.24) is 33.4 Å². The molecule has 10 nitrogen and oxygen atoms in total. The van der Waals surface area contributed by atoms with Crippen LogP contribution in [0.1, 0.15) is 6.42 Å². The van der Waals surface area contributed by atoms with E-state index in [1.807, 2.05) is 59.3 Å². The van der Waals surface area contributed by atoms with E-state index in [9.17, 15) is 8.42 Å². The van der Waals surface area contributed by atoms with Crippen molar-refractivity contribution >= 4 is 15.7 Å². The maximum Gasteiger partial charge on any atom is 0.242 e. The quantitative estimate of drug-likeness (QED) is 0.224. The van der Waals surface area contributed by atoms with Crippen LogP contribution in [0.3, 0.4) is 0 Å². The van der Waals surface area contributed by atoms with Crippen molar-refractivity contribution in [3.8, 4) is 39.4 Å². The topological polar surface area (TPSA) is 108 Å². The molecule has 42 heavy (non-hydrogen) atoms. The summed E-state index contributed by atoms with van der Waals surface area (Å²) in [5.41, 5.74) is 5.40. The van der Waals surface area contributed by atoms with Crippen LogP contribution in [-0.2, 0) is 16.6 Å². The average Bonchev–Trinajstić information content (AvgIpc) is 3.69. The zero-order valence-electron chi connectivity index (χ0n) is 23.2. The number of pyridine rings is 1. The maximum absolute atomic E-state index is 13.5. The summed E-state index contributed by atoms with van der Waals surface area (Å²) in [6.45, 7) is 1.06. The summed E-state index contributed by atoms with van der Waals surface area (Å²) in [7, 11) is -0.479. The monoisotopic (exact) mass is 579 g/mol. The second-order valence-electron chi connectivity index (χ2n) is 9.77. The van der Waals surface area contributed by atoms with Crippen molar-refractivity contribution in [3.63, 3.8) is 0 Å². The second kappa shape index (κ2) is 11.6. The first-order valence-corrected chi connectivity index (χ1v) is 14.8. The molecule has 2 aromatic carbocycles. The van der Waals surface area contributed by atoms with E-state index in [1.54, 1.807) is 68.0 Å². The average molecular weight is 580 g/mol. The van der Waals surface area contributed by atoms with Crippen LogP contribution in [0.15, 0.2) is 109 Å². The molecule has 0 saturated heterocycles. The van der Waals surface area contributed by atoms with Gasteiger partial charge < -0.3 is 9.30 Å². The number of sulfonamides is 1. The van der Waals surface area contributed by atoms with E-state index >= 15 is 0 Å². The van der Waals surface area contributed by atoms with Crippen LogP contribution in [0.4, 0.5) is 0 Å². The summed E-state index contributed by atoms with van der Waals surface area (Å²) in [5, 5.41) is 5.00. The van der Waals surface area contributed by atoms with Gasteiger partial charge in [-0.25, -0.2) is 27.2 Å². The Balaban J connectivity index is 1.41. The summed E-state index contributed by atoms with van der Waals surface area (Å²) < 4.78 is 37.6. The van der Waals surface area contributed by atoms with Crippen molar-refractivity contribution < 1.29 is 13.2 Å². The highest BCUT2D eigenvalue weighted by Crippen LogP contribution is 2.37. The van der Waals surface area contributed by atoms with Gasteiger partial charge in [-0.3, -0.25) is 4.98 Å². The molecule has 0 spiro atoms. The van der Waals surface area contributed by atoms with Gasteiger partial charge >= 0.3 is 0 Å². The fourth-order valence-electron chi connectivity index (χ4n) is 4.93. The minimum absolute atomic E-state index is 0.213. The van der Waals surface area contributed by atoms with Gasteiger partial charge in [0.1, 0.15) is 11.4 Å². The predicted molar refractivity (Wildman–Crippen MR) is 160 cm³/mol. The molecule has 0 bridgehead atoms. The van der Waals surface area contributed by atoms with Crippen LogP contribution in [-0.4, -0.2) is 62.6 Å². The number of benzene rings is 2. The number of rotatable bonds is 10. The van der Waals surface area contributed by atoms with E-state index in [0.717, 1.165) is 28.1 Å². The van der Waals surface area contributed by atoms with Gasteiger partial charge in [0.05, 0.1) is 29.6 Å². The molecule has 11 heteroatoms. The summed E-state index contributed by atoms with van der Waals surface area (Å²) in [6, 6.07) is 20.4. The summed E-state index contributed by atoms with van der Waals surface area (Å²) in [4.78, 5) is 13.1. The minimum Gasteiger partial charge on any atom is -0.497 e. The summed E-state index contributed by atoms with van der Waals surface area (Å²) in [6.07, 6.45) is 11.1. The number of fused-ring (bicyclic) bond motifs is 1. The standard InChI is InChI=1S/C31H29N7O3S/c1-36(17-5-18-37-19-16-33-22-37)42(39,40)27-9-4-6-24(21-27)28-12-15-34-31-29(25-7-3-8-26(20-25)41-2)30(35-38(28)31)23-10-13-32-14-11-23/h3-4,6-16,19-22H,5,17-18H2,1-2H3.